The third kappa shape index (κ3) is 2.83. The lowest BCUT2D eigenvalue weighted by Gasteiger charge is -2.27. The molecule has 2 fully saturated rings. The van der Waals surface area contributed by atoms with Gasteiger partial charge in [0.25, 0.3) is 0 Å². The van der Waals surface area contributed by atoms with Gasteiger partial charge in [0.05, 0.1) is 31.4 Å². The van der Waals surface area contributed by atoms with Crippen LogP contribution in [0.15, 0.2) is 24.4 Å². The summed E-state index contributed by atoms with van der Waals surface area (Å²) >= 11 is 0. The molecular weight excluding hydrogens is 254 g/mol. The lowest BCUT2D eigenvalue weighted by atomic mass is 10.0. The van der Waals surface area contributed by atoms with E-state index in [1.807, 2.05) is 30.1 Å². The summed E-state index contributed by atoms with van der Waals surface area (Å²) in [5.41, 5.74) is 0.952. The topological polar surface area (TPSA) is 54.5 Å². The van der Waals surface area contributed by atoms with E-state index in [0.29, 0.717) is 25.8 Å². The van der Waals surface area contributed by atoms with E-state index in [4.69, 9.17) is 4.74 Å². The van der Waals surface area contributed by atoms with Gasteiger partial charge in [-0.05, 0) is 32.0 Å². The first-order valence-corrected chi connectivity index (χ1v) is 7.25. The van der Waals surface area contributed by atoms with E-state index in [0.717, 1.165) is 18.5 Å². The number of hydrogen-bond donors (Lipinski definition) is 1. The molecule has 1 saturated heterocycles. The van der Waals surface area contributed by atoms with Gasteiger partial charge in [-0.15, -0.1) is 0 Å². The fourth-order valence-corrected chi connectivity index (χ4v) is 2.73. The molecule has 1 saturated carbocycles. The van der Waals surface area contributed by atoms with Crippen LogP contribution in [0, 0.1) is 5.92 Å². The largest absolute Gasteiger partial charge is 0.379 e. The number of ether oxygens (including phenoxy) is 1. The summed E-state index contributed by atoms with van der Waals surface area (Å²) in [6, 6.07) is 6.36. The third-order valence-corrected chi connectivity index (χ3v) is 4.10. The molecule has 3 rings (SSSR count). The summed E-state index contributed by atoms with van der Waals surface area (Å²) < 4.78 is 5.46. The molecule has 1 N–H and O–H groups in total. The van der Waals surface area contributed by atoms with E-state index in [-0.39, 0.29) is 17.9 Å². The van der Waals surface area contributed by atoms with Crippen molar-refractivity contribution in [1.82, 2.24) is 15.2 Å². The Balaban J connectivity index is 1.72. The second-order valence-corrected chi connectivity index (χ2v) is 5.56. The minimum absolute atomic E-state index is 0.0655. The van der Waals surface area contributed by atoms with E-state index in [1.165, 1.54) is 0 Å². The molecule has 1 aliphatic heterocycles. The molecule has 0 spiro atoms. The van der Waals surface area contributed by atoms with Crippen molar-refractivity contribution in [3.63, 3.8) is 0 Å². The maximum atomic E-state index is 12.8. The van der Waals surface area contributed by atoms with Crippen molar-refractivity contribution in [1.29, 1.82) is 0 Å². The van der Waals surface area contributed by atoms with Gasteiger partial charge in [0.15, 0.2) is 0 Å². The summed E-state index contributed by atoms with van der Waals surface area (Å²) in [7, 11) is 1.89. The van der Waals surface area contributed by atoms with Crippen LogP contribution in [0.25, 0.3) is 0 Å². The summed E-state index contributed by atoms with van der Waals surface area (Å²) in [5.74, 6) is 0.138. The summed E-state index contributed by atoms with van der Waals surface area (Å²) in [4.78, 5) is 19.1. The Morgan fingerprint density at radius 3 is 2.95 bits per heavy atom. The summed E-state index contributed by atoms with van der Waals surface area (Å²) in [6.07, 6.45) is 3.99. The van der Waals surface area contributed by atoms with Crippen molar-refractivity contribution in [2.75, 3.05) is 20.3 Å². The predicted octanol–water partition coefficient (Wildman–Crippen LogP) is 0.807. The van der Waals surface area contributed by atoms with Crippen molar-refractivity contribution in [3.8, 4) is 0 Å². The number of nitrogens with one attached hydrogen (secondary N) is 1. The van der Waals surface area contributed by atoms with Crippen LogP contribution in [-0.4, -0.2) is 48.1 Å². The molecule has 1 aromatic heterocycles. The second-order valence-electron chi connectivity index (χ2n) is 5.56. The van der Waals surface area contributed by atoms with Crippen LogP contribution >= 0.6 is 0 Å². The molecule has 2 aliphatic rings. The SMILES string of the molecule is CNC1COCC1C(=O)N(Cc1ccccn1)C1CC1. The molecule has 1 aromatic rings. The van der Waals surface area contributed by atoms with Gasteiger partial charge in [0.1, 0.15) is 0 Å². The monoisotopic (exact) mass is 275 g/mol. The van der Waals surface area contributed by atoms with Crippen LogP contribution in [0.2, 0.25) is 0 Å². The number of carbonyl (C=O) groups excluding carboxylic acids is 1. The molecule has 0 aromatic carbocycles. The van der Waals surface area contributed by atoms with Gasteiger partial charge in [-0.3, -0.25) is 9.78 Å². The molecule has 5 heteroatoms. The number of carbonyl (C=O) groups is 1. The van der Waals surface area contributed by atoms with Gasteiger partial charge in [0.2, 0.25) is 5.91 Å². The van der Waals surface area contributed by atoms with E-state index in [2.05, 4.69) is 10.3 Å². The van der Waals surface area contributed by atoms with Crippen LogP contribution in [0.5, 0.6) is 0 Å². The average Bonchev–Trinajstić information content (AvgIpc) is 3.21. The zero-order chi connectivity index (χ0) is 13.9. The average molecular weight is 275 g/mol. The summed E-state index contributed by atoms with van der Waals surface area (Å²) in [5, 5.41) is 3.18. The van der Waals surface area contributed by atoms with Crippen LogP contribution in [0.3, 0.4) is 0 Å². The highest BCUT2D eigenvalue weighted by Gasteiger charge is 2.40. The standard InChI is InChI=1S/C15H21N3O2/c1-16-14-10-20-9-13(14)15(19)18(12-5-6-12)8-11-4-2-3-7-17-11/h2-4,7,12-14,16H,5-6,8-10H2,1H3. The maximum Gasteiger partial charge on any atom is 0.230 e. The molecule has 5 nitrogen and oxygen atoms in total. The minimum atomic E-state index is -0.0655. The number of amides is 1. The number of hydrogen-bond acceptors (Lipinski definition) is 4. The van der Waals surface area contributed by atoms with Crippen LogP contribution in [-0.2, 0) is 16.1 Å². The van der Waals surface area contributed by atoms with Crippen molar-refractivity contribution < 1.29 is 9.53 Å². The number of pyridine rings is 1. The highest BCUT2D eigenvalue weighted by atomic mass is 16.5. The third-order valence-electron chi connectivity index (χ3n) is 4.10. The first-order valence-electron chi connectivity index (χ1n) is 7.25. The van der Waals surface area contributed by atoms with Gasteiger partial charge in [-0.1, -0.05) is 6.07 Å². The zero-order valence-electron chi connectivity index (χ0n) is 11.8. The molecule has 2 unspecified atom stereocenters. The lowest BCUT2D eigenvalue weighted by molar-refractivity contribution is -0.137. The number of rotatable bonds is 5. The van der Waals surface area contributed by atoms with Crippen LogP contribution < -0.4 is 5.32 Å². The van der Waals surface area contributed by atoms with Crippen molar-refractivity contribution in [2.45, 2.75) is 31.5 Å². The Kier molecular flexibility index (Phi) is 3.98. The Morgan fingerprint density at radius 1 is 1.45 bits per heavy atom. The predicted molar refractivity (Wildman–Crippen MR) is 75.0 cm³/mol. The van der Waals surface area contributed by atoms with Crippen LogP contribution in [0.4, 0.5) is 0 Å². The molecule has 0 bridgehead atoms. The lowest BCUT2D eigenvalue weighted by Crippen LogP contribution is -2.45. The number of nitrogens with zero attached hydrogens (tertiary/aromatic N) is 2. The van der Waals surface area contributed by atoms with Crippen LogP contribution in [0.1, 0.15) is 18.5 Å². The van der Waals surface area contributed by atoms with E-state index >= 15 is 0 Å². The molecule has 1 aliphatic carbocycles. The Morgan fingerprint density at radius 2 is 2.30 bits per heavy atom. The maximum absolute atomic E-state index is 12.8. The minimum Gasteiger partial charge on any atom is -0.379 e. The molecule has 0 radical (unpaired) electrons. The Labute approximate surface area is 119 Å². The van der Waals surface area contributed by atoms with Gasteiger partial charge in [-0.25, -0.2) is 0 Å². The van der Waals surface area contributed by atoms with Crippen molar-refractivity contribution in [3.05, 3.63) is 30.1 Å². The summed E-state index contributed by atoms with van der Waals surface area (Å²) in [6.45, 7) is 1.75. The van der Waals surface area contributed by atoms with E-state index < -0.39 is 0 Å². The Hall–Kier alpha value is -1.46. The Bertz CT molecular complexity index is 461. The molecule has 2 heterocycles. The molecule has 1 amide bonds. The van der Waals surface area contributed by atoms with Gasteiger partial charge < -0.3 is 15.0 Å². The van der Waals surface area contributed by atoms with E-state index in [9.17, 15) is 4.79 Å². The molecular formula is C15H21N3O2. The number of aromatic nitrogens is 1. The van der Waals surface area contributed by atoms with Gasteiger partial charge >= 0.3 is 0 Å². The van der Waals surface area contributed by atoms with E-state index in [1.54, 1.807) is 6.20 Å². The molecule has 20 heavy (non-hydrogen) atoms. The molecule has 108 valence electrons. The highest BCUT2D eigenvalue weighted by Crippen LogP contribution is 2.31. The quantitative estimate of drug-likeness (QED) is 0.864. The first kappa shape index (κ1) is 13.5. The van der Waals surface area contributed by atoms with Crippen molar-refractivity contribution in [2.24, 2.45) is 5.92 Å². The van der Waals surface area contributed by atoms with Gasteiger partial charge in [0, 0.05) is 18.3 Å². The normalized spacial score (nSPS) is 25.6. The fourth-order valence-electron chi connectivity index (χ4n) is 2.73. The van der Waals surface area contributed by atoms with Crippen molar-refractivity contribution >= 4 is 5.91 Å². The second kappa shape index (κ2) is 5.89. The first-order chi connectivity index (χ1) is 9.79. The zero-order valence-corrected chi connectivity index (χ0v) is 11.8. The number of likely N-dealkylation sites (N-methyl/N-ethyl adjacent to an activating group) is 1. The smallest absolute Gasteiger partial charge is 0.230 e. The fraction of sp³-hybridized carbons (Fsp3) is 0.600. The van der Waals surface area contributed by atoms with Gasteiger partial charge in [-0.2, -0.15) is 0 Å². The molecule has 2 atom stereocenters. The highest BCUT2D eigenvalue weighted by molar-refractivity contribution is 5.80.